The second kappa shape index (κ2) is 6.65. The van der Waals surface area contributed by atoms with Crippen LogP contribution in [-0.4, -0.2) is 27.0 Å². The van der Waals surface area contributed by atoms with Crippen molar-refractivity contribution in [3.8, 4) is 17.6 Å². The molecular formula is C13H15NO2. The summed E-state index contributed by atoms with van der Waals surface area (Å²) in [5.41, 5.74) is 1.40. The van der Waals surface area contributed by atoms with Gasteiger partial charge in [-0.25, -0.2) is 0 Å². The van der Waals surface area contributed by atoms with E-state index in [4.69, 9.17) is 4.74 Å². The number of methoxy groups -OCH3 is 1. The van der Waals surface area contributed by atoms with Crippen LogP contribution in [0.15, 0.2) is 18.2 Å². The molecular weight excluding hydrogens is 202 g/mol. The summed E-state index contributed by atoms with van der Waals surface area (Å²) >= 11 is 0. The van der Waals surface area contributed by atoms with E-state index >= 15 is 0 Å². The van der Waals surface area contributed by atoms with E-state index in [0.717, 1.165) is 24.8 Å². The van der Waals surface area contributed by atoms with Crippen molar-refractivity contribution in [3.63, 3.8) is 0 Å². The summed E-state index contributed by atoms with van der Waals surface area (Å²) in [6, 6.07) is 5.31. The summed E-state index contributed by atoms with van der Waals surface area (Å²) in [4.78, 5) is 10.7. The van der Waals surface area contributed by atoms with Gasteiger partial charge in [-0.2, -0.15) is 0 Å². The third-order valence-corrected chi connectivity index (χ3v) is 2.09. The monoisotopic (exact) mass is 217 g/mol. The molecule has 0 aliphatic heterocycles. The van der Waals surface area contributed by atoms with Gasteiger partial charge in [-0.15, -0.1) is 0 Å². The summed E-state index contributed by atoms with van der Waals surface area (Å²) in [6.45, 7) is 0.872. The first kappa shape index (κ1) is 12.3. The second-order valence-corrected chi connectivity index (χ2v) is 3.23. The third-order valence-electron chi connectivity index (χ3n) is 2.09. The van der Waals surface area contributed by atoms with Crippen molar-refractivity contribution in [2.24, 2.45) is 0 Å². The molecule has 0 bridgehead atoms. The van der Waals surface area contributed by atoms with E-state index in [9.17, 15) is 4.79 Å². The Balaban J connectivity index is 2.81. The molecule has 0 atom stereocenters. The molecule has 1 aromatic carbocycles. The highest BCUT2D eigenvalue weighted by atomic mass is 16.5. The number of hydrogen-bond acceptors (Lipinski definition) is 3. The van der Waals surface area contributed by atoms with Crippen LogP contribution in [-0.2, 0) is 0 Å². The molecule has 0 aliphatic carbocycles. The normalized spacial score (nSPS) is 9.12. The number of hydrogen-bond donors (Lipinski definition) is 1. The molecule has 0 unspecified atom stereocenters. The summed E-state index contributed by atoms with van der Waals surface area (Å²) in [7, 11) is 3.43. The number of rotatable bonds is 4. The van der Waals surface area contributed by atoms with Crippen molar-refractivity contribution >= 4 is 6.29 Å². The van der Waals surface area contributed by atoms with Crippen LogP contribution in [0, 0.1) is 11.8 Å². The lowest BCUT2D eigenvalue weighted by Gasteiger charge is -2.02. The highest BCUT2D eigenvalue weighted by Gasteiger charge is 2.01. The minimum absolute atomic E-state index is 0.545. The van der Waals surface area contributed by atoms with Crippen LogP contribution in [0.5, 0.6) is 5.75 Å². The minimum atomic E-state index is 0.545. The van der Waals surface area contributed by atoms with E-state index in [0.29, 0.717) is 11.3 Å². The maximum Gasteiger partial charge on any atom is 0.153 e. The van der Waals surface area contributed by atoms with Crippen LogP contribution in [0.4, 0.5) is 0 Å². The summed E-state index contributed by atoms with van der Waals surface area (Å²) in [5, 5.41) is 3.02. The fourth-order valence-electron chi connectivity index (χ4n) is 1.24. The highest BCUT2D eigenvalue weighted by molar-refractivity contribution is 5.79. The molecule has 3 heteroatoms. The molecule has 0 saturated carbocycles. The largest absolute Gasteiger partial charge is 0.496 e. The SMILES string of the molecule is CNCCC#Cc1ccc(C=O)c(OC)c1. The van der Waals surface area contributed by atoms with Crippen LogP contribution in [0.2, 0.25) is 0 Å². The first-order valence-corrected chi connectivity index (χ1v) is 5.08. The van der Waals surface area contributed by atoms with Crippen molar-refractivity contribution in [2.45, 2.75) is 6.42 Å². The number of carbonyl (C=O) groups excluding carboxylic acids is 1. The van der Waals surface area contributed by atoms with Gasteiger partial charge < -0.3 is 10.1 Å². The van der Waals surface area contributed by atoms with Crippen LogP contribution in [0.1, 0.15) is 22.3 Å². The first-order valence-electron chi connectivity index (χ1n) is 5.08. The van der Waals surface area contributed by atoms with E-state index in [1.54, 1.807) is 19.2 Å². The van der Waals surface area contributed by atoms with Crippen LogP contribution >= 0.6 is 0 Å². The predicted octanol–water partition coefficient (Wildman–Crippen LogP) is 1.47. The number of benzene rings is 1. The lowest BCUT2D eigenvalue weighted by atomic mass is 10.1. The molecule has 0 heterocycles. The Labute approximate surface area is 95.8 Å². The van der Waals surface area contributed by atoms with E-state index in [-0.39, 0.29) is 0 Å². The molecule has 0 saturated heterocycles. The van der Waals surface area contributed by atoms with Gasteiger partial charge in [0.05, 0.1) is 12.7 Å². The smallest absolute Gasteiger partial charge is 0.153 e. The van der Waals surface area contributed by atoms with E-state index in [1.165, 1.54) is 0 Å². The topological polar surface area (TPSA) is 38.3 Å². The lowest BCUT2D eigenvalue weighted by molar-refractivity contribution is 0.112. The van der Waals surface area contributed by atoms with Crippen molar-refractivity contribution in [1.82, 2.24) is 5.32 Å². The number of nitrogens with one attached hydrogen (secondary N) is 1. The summed E-state index contributed by atoms with van der Waals surface area (Å²) in [6.07, 6.45) is 1.57. The average molecular weight is 217 g/mol. The number of carbonyl (C=O) groups is 1. The van der Waals surface area contributed by atoms with E-state index in [1.807, 2.05) is 13.1 Å². The molecule has 16 heavy (non-hydrogen) atoms. The Morgan fingerprint density at radius 3 is 2.94 bits per heavy atom. The van der Waals surface area contributed by atoms with Crippen molar-refractivity contribution in [3.05, 3.63) is 29.3 Å². The van der Waals surface area contributed by atoms with Crippen molar-refractivity contribution < 1.29 is 9.53 Å². The first-order chi connectivity index (χ1) is 7.81. The van der Waals surface area contributed by atoms with Crippen LogP contribution in [0.3, 0.4) is 0 Å². The van der Waals surface area contributed by atoms with Crippen LogP contribution < -0.4 is 10.1 Å². The fourth-order valence-corrected chi connectivity index (χ4v) is 1.24. The van der Waals surface area contributed by atoms with Gasteiger partial charge >= 0.3 is 0 Å². The molecule has 1 rings (SSSR count). The Morgan fingerprint density at radius 1 is 1.50 bits per heavy atom. The van der Waals surface area contributed by atoms with Gasteiger partial charge in [0.2, 0.25) is 0 Å². The van der Waals surface area contributed by atoms with Gasteiger partial charge in [-0.05, 0) is 25.2 Å². The minimum Gasteiger partial charge on any atom is -0.496 e. The van der Waals surface area contributed by atoms with Gasteiger partial charge in [0.15, 0.2) is 6.29 Å². The Morgan fingerprint density at radius 2 is 2.31 bits per heavy atom. The maximum absolute atomic E-state index is 10.7. The number of aldehydes is 1. The molecule has 84 valence electrons. The molecule has 0 spiro atoms. The standard InChI is InChI=1S/C13H15NO2/c1-14-8-4-3-5-11-6-7-12(10-15)13(9-11)16-2/h6-7,9-10,14H,4,8H2,1-2H3. The number of ether oxygens (including phenoxy) is 1. The Hall–Kier alpha value is -1.79. The molecule has 0 fully saturated rings. The molecule has 3 nitrogen and oxygen atoms in total. The summed E-state index contributed by atoms with van der Waals surface area (Å²) in [5.74, 6) is 6.62. The molecule has 0 aliphatic rings. The van der Waals surface area contributed by atoms with Crippen molar-refractivity contribution in [1.29, 1.82) is 0 Å². The van der Waals surface area contributed by atoms with Gasteiger partial charge in [0.25, 0.3) is 0 Å². The zero-order valence-electron chi connectivity index (χ0n) is 9.54. The zero-order valence-corrected chi connectivity index (χ0v) is 9.54. The summed E-state index contributed by atoms with van der Waals surface area (Å²) < 4.78 is 5.09. The molecule has 1 N–H and O–H groups in total. The van der Waals surface area contributed by atoms with E-state index in [2.05, 4.69) is 17.2 Å². The quantitative estimate of drug-likeness (QED) is 0.471. The van der Waals surface area contributed by atoms with E-state index < -0.39 is 0 Å². The van der Waals surface area contributed by atoms with Gasteiger partial charge in [0.1, 0.15) is 5.75 Å². The lowest BCUT2D eigenvalue weighted by Crippen LogP contribution is -2.05. The molecule has 1 aromatic rings. The van der Waals surface area contributed by atoms with Crippen LogP contribution in [0.25, 0.3) is 0 Å². The molecule has 0 amide bonds. The van der Waals surface area contributed by atoms with Gasteiger partial charge in [-0.3, -0.25) is 4.79 Å². The van der Waals surface area contributed by atoms with Gasteiger partial charge in [-0.1, -0.05) is 11.8 Å². The van der Waals surface area contributed by atoms with Crippen molar-refractivity contribution in [2.75, 3.05) is 20.7 Å². The second-order valence-electron chi connectivity index (χ2n) is 3.23. The Kier molecular flexibility index (Phi) is 5.10. The molecule has 0 radical (unpaired) electrons. The predicted molar refractivity (Wildman–Crippen MR) is 63.8 cm³/mol. The zero-order chi connectivity index (χ0) is 11.8. The maximum atomic E-state index is 10.7. The third kappa shape index (κ3) is 3.41. The Bertz CT molecular complexity index is 416. The highest BCUT2D eigenvalue weighted by Crippen LogP contribution is 2.17. The molecule has 0 aromatic heterocycles. The fraction of sp³-hybridized carbons (Fsp3) is 0.308. The van der Waals surface area contributed by atoms with Gasteiger partial charge in [0, 0.05) is 18.5 Å². The average Bonchev–Trinajstić information content (AvgIpc) is 2.34.